The maximum atomic E-state index is 11.1. The van der Waals surface area contributed by atoms with Crippen molar-refractivity contribution in [3.63, 3.8) is 0 Å². The fourth-order valence-corrected chi connectivity index (χ4v) is 4.17. The van der Waals surface area contributed by atoms with Crippen LogP contribution in [-0.2, 0) is 11.4 Å². The Labute approximate surface area is 169 Å². The number of carboxylic acid groups (broad SMARTS) is 1. The Hall–Kier alpha value is -2.56. The Morgan fingerprint density at radius 2 is 1.89 bits per heavy atom. The van der Waals surface area contributed by atoms with Gasteiger partial charge in [-0.05, 0) is 47.7 Å². The number of hydrogen-bond donors (Lipinski definition) is 1. The van der Waals surface area contributed by atoms with Crippen LogP contribution in [0.1, 0.15) is 29.5 Å². The van der Waals surface area contributed by atoms with Gasteiger partial charge < -0.3 is 9.84 Å². The highest BCUT2D eigenvalue weighted by atomic mass is 35.5. The molecule has 0 atom stereocenters. The van der Waals surface area contributed by atoms with E-state index in [1.807, 2.05) is 30.3 Å². The van der Waals surface area contributed by atoms with Gasteiger partial charge in [0.2, 0.25) is 0 Å². The molecule has 2 aromatic rings. The SMILES string of the molecule is C=C(CN1CCC(=C2c3ccc(Cl)cc3COc3ccccc32)CC1)C(=O)O. The van der Waals surface area contributed by atoms with E-state index in [9.17, 15) is 4.79 Å². The summed E-state index contributed by atoms with van der Waals surface area (Å²) in [5, 5.41) is 9.79. The second-order valence-electron chi connectivity index (χ2n) is 7.25. The molecule has 2 aliphatic rings. The summed E-state index contributed by atoms with van der Waals surface area (Å²) in [6.07, 6.45) is 1.78. The summed E-state index contributed by atoms with van der Waals surface area (Å²) in [4.78, 5) is 13.2. The topological polar surface area (TPSA) is 49.8 Å². The number of fused-ring (bicyclic) bond motifs is 2. The fraction of sp³-hybridized carbons (Fsp3) is 0.261. The van der Waals surface area contributed by atoms with E-state index in [1.54, 1.807) is 0 Å². The van der Waals surface area contributed by atoms with E-state index in [0.29, 0.717) is 18.2 Å². The third-order valence-electron chi connectivity index (χ3n) is 5.41. The monoisotopic (exact) mass is 395 g/mol. The van der Waals surface area contributed by atoms with Crippen LogP contribution in [0.4, 0.5) is 0 Å². The second kappa shape index (κ2) is 7.82. The van der Waals surface area contributed by atoms with Crippen LogP contribution in [0.25, 0.3) is 5.57 Å². The number of nitrogens with zero attached hydrogens (tertiary/aromatic N) is 1. The summed E-state index contributed by atoms with van der Waals surface area (Å²) in [7, 11) is 0. The molecule has 0 unspecified atom stereocenters. The fourth-order valence-electron chi connectivity index (χ4n) is 3.97. The van der Waals surface area contributed by atoms with E-state index in [2.05, 4.69) is 23.6 Å². The molecule has 5 heteroatoms. The Morgan fingerprint density at radius 1 is 1.14 bits per heavy atom. The van der Waals surface area contributed by atoms with Gasteiger partial charge in [-0.15, -0.1) is 0 Å². The van der Waals surface area contributed by atoms with Crippen molar-refractivity contribution >= 4 is 23.1 Å². The van der Waals surface area contributed by atoms with Crippen molar-refractivity contribution in [3.8, 4) is 5.75 Å². The maximum Gasteiger partial charge on any atom is 0.332 e. The van der Waals surface area contributed by atoms with Gasteiger partial charge in [0.15, 0.2) is 0 Å². The predicted molar refractivity (Wildman–Crippen MR) is 111 cm³/mol. The highest BCUT2D eigenvalue weighted by Gasteiger charge is 2.25. The number of halogens is 1. The van der Waals surface area contributed by atoms with Gasteiger partial charge in [-0.1, -0.05) is 48.0 Å². The van der Waals surface area contributed by atoms with Crippen LogP contribution in [0.15, 0.2) is 60.2 Å². The summed E-state index contributed by atoms with van der Waals surface area (Å²) in [5.74, 6) is -0.0381. The Balaban J connectivity index is 1.71. The van der Waals surface area contributed by atoms with E-state index in [0.717, 1.165) is 42.8 Å². The molecule has 0 radical (unpaired) electrons. The standard InChI is InChI=1S/C23H22ClNO3/c1-15(23(26)27)13-25-10-8-16(9-11-25)22-19-7-6-18(24)12-17(19)14-28-21-5-3-2-4-20(21)22/h2-7,12H,1,8-11,13-14H2,(H,26,27). The van der Waals surface area contributed by atoms with E-state index >= 15 is 0 Å². The molecule has 28 heavy (non-hydrogen) atoms. The first kappa shape index (κ1) is 18.8. The third-order valence-corrected chi connectivity index (χ3v) is 5.64. The van der Waals surface area contributed by atoms with Gasteiger partial charge in [0.05, 0.1) is 0 Å². The number of rotatable bonds is 3. The molecule has 1 saturated heterocycles. The van der Waals surface area contributed by atoms with Gasteiger partial charge in [0, 0.05) is 35.8 Å². The molecule has 0 saturated carbocycles. The van der Waals surface area contributed by atoms with Crippen LogP contribution >= 0.6 is 11.6 Å². The maximum absolute atomic E-state index is 11.1. The molecule has 1 fully saturated rings. The molecule has 2 heterocycles. The molecule has 4 rings (SSSR count). The zero-order valence-corrected chi connectivity index (χ0v) is 16.3. The second-order valence-corrected chi connectivity index (χ2v) is 7.69. The van der Waals surface area contributed by atoms with Crippen molar-refractivity contribution in [2.45, 2.75) is 19.4 Å². The molecule has 0 bridgehead atoms. The summed E-state index contributed by atoms with van der Waals surface area (Å²) in [6.45, 7) is 6.19. The Bertz CT molecular complexity index is 970. The molecule has 0 aliphatic carbocycles. The zero-order chi connectivity index (χ0) is 19.7. The zero-order valence-electron chi connectivity index (χ0n) is 15.6. The molecule has 1 N–H and O–H groups in total. The number of benzene rings is 2. The van der Waals surface area contributed by atoms with Crippen LogP contribution in [0.5, 0.6) is 5.75 Å². The molecule has 144 valence electrons. The molecule has 0 spiro atoms. The lowest BCUT2D eigenvalue weighted by Crippen LogP contribution is -2.33. The minimum Gasteiger partial charge on any atom is -0.488 e. The third kappa shape index (κ3) is 3.71. The molecule has 2 aliphatic heterocycles. The lowest BCUT2D eigenvalue weighted by molar-refractivity contribution is -0.132. The number of carboxylic acids is 1. The van der Waals surface area contributed by atoms with Crippen molar-refractivity contribution in [1.29, 1.82) is 0 Å². The van der Waals surface area contributed by atoms with Crippen molar-refractivity contribution < 1.29 is 14.6 Å². The summed E-state index contributed by atoms with van der Waals surface area (Å²) >= 11 is 6.23. The molecule has 4 nitrogen and oxygen atoms in total. The van der Waals surface area contributed by atoms with Crippen LogP contribution in [-0.4, -0.2) is 35.6 Å². The minimum atomic E-state index is -0.926. The van der Waals surface area contributed by atoms with E-state index in [1.165, 1.54) is 16.7 Å². The van der Waals surface area contributed by atoms with E-state index in [-0.39, 0.29) is 5.57 Å². The highest BCUT2D eigenvalue weighted by Crippen LogP contribution is 2.41. The first-order valence-corrected chi connectivity index (χ1v) is 9.77. The number of para-hydroxylation sites is 1. The van der Waals surface area contributed by atoms with E-state index in [4.69, 9.17) is 21.4 Å². The Morgan fingerprint density at radius 3 is 2.64 bits per heavy atom. The van der Waals surface area contributed by atoms with Crippen molar-refractivity contribution in [1.82, 2.24) is 4.90 Å². The molecule has 2 aromatic carbocycles. The van der Waals surface area contributed by atoms with Gasteiger partial charge >= 0.3 is 5.97 Å². The summed E-state index contributed by atoms with van der Waals surface area (Å²) < 4.78 is 6.07. The van der Waals surface area contributed by atoms with Crippen molar-refractivity contribution in [2.75, 3.05) is 19.6 Å². The Kier molecular flexibility index (Phi) is 5.25. The minimum absolute atomic E-state index is 0.240. The van der Waals surface area contributed by atoms with Crippen molar-refractivity contribution in [2.24, 2.45) is 0 Å². The molecular weight excluding hydrogens is 374 g/mol. The normalized spacial score (nSPS) is 16.6. The molecule has 0 aromatic heterocycles. The van der Waals surface area contributed by atoms with Crippen LogP contribution in [0, 0.1) is 0 Å². The average molecular weight is 396 g/mol. The number of carbonyl (C=O) groups is 1. The summed E-state index contributed by atoms with van der Waals surface area (Å²) in [6, 6.07) is 14.1. The number of piperidine rings is 1. The van der Waals surface area contributed by atoms with Gasteiger partial charge in [0.25, 0.3) is 0 Å². The first-order chi connectivity index (χ1) is 13.5. The lowest BCUT2D eigenvalue weighted by atomic mass is 9.86. The number of aliphatic carboxylic acids is 1. The summed E-state index contributed by atoms with van der Waals surface area (Å²) in [5.41, 5.74) is 6.22. The van der Waals surface area contributed by atoms with E-state index < -0.39 is 5.97 Å². The smallest absolute Gasteiger partial charge is 0.332 e. The van der Waals surface area contributed by atoms with Gasteiger partial charge in [-0.25, -0.2) is 4.79 Å². The predicted octanol–water partition coefficient (Wildman–Crippen LogP) is 4.77. The van der Waals surface area contributed by atoms with Crippen molar-refractivity contribution in [3.05, 3.63) is 81.9 Å². The van der Waals surface area contributed by atoms with Gasteiger partial charge in [0.1, 0.15) is 12.4 Å². The largest absolute Gasteiger partial charge is 0.488 e. The number of ether oxygens (including phenoxy) is 1. The quantitative estimate of drug-likeness (QED) is 0.760. The highest BCUT2D eigenvalue weighted by molar-refractivity contribution is 6.30. The van der Waals surface area contributed by atoms with Crippen LogP contribution < -0.4 is 4.74 Å². The number of hydrogen-bond acceptors (Lipinski definition) is 3. The van der Waals surface area contributed by atoms with Crippen LogP contribution in [0.2, 0.25) is 5.02 Å². The molecular formula is C23H22ClNO3. The first-order valence-electron chi connectivity index (χ1n) is 9.39. The van der Waals surface area contributed by atoms with Gasteiger partial charge in [-0.3, -0.25) is 4.90 Å². The van der Waals surface area contributed by atoms with Gasteiger partial charge in [-0.2, -0.15) is 0 Å². The van der Waals surface area contributed by atoms with Crippen LogP contribution in [0.3, 0.4) is 0 Å². The average Bonchev–Trinajstić information content (AvgIpc) is 2.85. The number of likely N-dealkylation sites (tertiary alicyclic amines) is 1. The molecule has 0 amide bonds. The lowest BCUT2D eigenvalue weighted by Gasteiger charge is -2.30.